The molecule has 1 heterocycles. The summed E-state index contributed by atoms with van der Waals surface area (Å²) < 4.78 is 0. The SMILES string of the molecule is CC(C)(C)c1ccc(N=C2C(=O)Nc3ccccc32)cc1. The zero-order chi connectivity index (χ0) is 15.0. The Balaban J connectivity index is 1.97. The number of nitrogens with one attached hydrogen (secondary N) is 1. The molecule has 1 aliphatic rings. The van der Waals surface area contributed by atoms with Gasteiger partial charge in [0.05, 0.1) is 11.4 Å². The third-order valence-electron chi connectivity index (χ3n) is 3.62. The number of anilines is 1. The average molecular weight is 278 g/mol. The number of hydrogen-bond acceptors (Lipinski definition) is 2. The van der Waals surface area contributed by atoms with Crippen molar-refractivity contribution in [3.63, 3.8) is 0 Å². The second-order valence-corrected chi connectivity index (χ2v) is 6.26. The van der Waals surface area contributed by atoms with Crippen LogP contribution in [0.2, 0.25) is 0 Å². The average Bonchev–Trinajstić information content (AvgIpc) is 2.75. The Bertz CT molecular complexity index is 722. The Morgan fingerprint density at radius 1 is 0.952 bits per heavy atom. The summed E-state index contributed by atoms with van der Waals surface area (Å²) in [6.45, 7) is 6.53. The Morgan fingerprint density at radius 3 is 2.29 bits per heavy atom. The van der Waals surface area contributed by atoms with Crippen molar-refractivity contribution >= 4 is 23.0 Å². The van der Waals surface area contributed by atoms with Crippen LogP contribution in [0.3, 0.4) is 0 Å². The van der Waals surface area contributed by atoms with Gasteiger partial charge in [-0.05, 0) is 29.2 Å². The standard InChI is InChI=1S/C18H18N2O/c1-18(2,3)12-8-10-13(11-9-12)19-16-14-6-4-5-7-15(14)20-17(16)21/h4-11H,1-3H3,(H,19,20,21). The minimum atomic E-state index is -0.143. The van der Waals surface area contributed by atoms with Gasteiger partial charge in [-0.1, -0.05) is 51.1 Å². The first-order valence-corrected chi connectivity index (χ1v) is 7.05. The molecule has 0 spiro atoms. The van der Waals surface area contributed by atoms with E-state index in [0.29, 0.717) is 5.71 Å². The number of rotatable bonds is 1. The molecular formula is C18H18N2O. The van der Waals surface area contributed by atoms with Crippen LogP contribution in [0.25, 0.3) is 0 Å². The summed E-state index contributed by atoms with van der Waals surface area (Å²) in [6, 6.07) is 15.7. The van der Waals surface area contributed by atoms with Crippen LogP contribution in [-0.2, 0) is 10.2 Å². The van der Waals surface area contributed by atoms with Gasteiger partial charge in [0.15, 0.2) is 0 Å². The zero-order valence-corrected chi connectivity index (χ0v) is 12.5. The molecule has 21 heavy (non-hydrogen) atoms. The van der Waals surface area contributed by atoms with Crippen LogP contribution in [-0.4, -0.2) is 11.6 Å². The summed E-state index contributed by atoms with van der Waals surface area (Å²) in [4.78, 5) is 16.5. The van der Waals surface area contributed by atoms with E-state index in [4.69, 9.17) is 0 Å². The molecule has 1 aliphatic heterocycles. The van der Waals surface area contributed by atoms with Gasteiger partial charge in [-0.25, -0.2) is 4.99 Å². The second-order valence-electron chi connectivity index (χ2n) is 6.26. The second kappa shape index (κ2) is 4.85. The summed E-state index contributed by atoms with van der Waals surface area (Å²) in [5, 5.41) is 2.83. The lowest BCUT2D eigenvalue weighted by Crippen LogP contribution is -2.14. The van der Waals surface area contributed by atoms with Crippen LogP contribution in [0.15, 0.2) is 53.5 Å². The van der Waals surface area contributed by atoms with E-state index in [-0.39, 0.29) is 11.3 Å². The number of carbonyl (C=O) groups excluding carboxylic acids is 1. The maximum atomic E-state index is 12.0. The van der Waals surface area contributed by atoms with Gasteiger partial charge in [0.25, 0.3) is 5.91 Å². The molecular weight excluding hydrogens is 260 g/mol. The van der Waals surface area contributed by atoms with Gasteiger partial charge in [-0.2, -0.15) is 0 Å². The maximum absolute atomic E-state index is 12.0. The molecule has 3 heteroatoms. The maximum Gasteiger partial charge on any atom is 0.275 e. The van der Waals surface area contributed by atoms with Crippen molar-refractivity contribution in [1.82, 2.24) is 0 Å². The van der Waals surface area contributed by atoms with Crippen molar-refractivity contribution in [3.8, 4) is 0 Å². The Labute approximate surface area is 124 Å². The van der Waals surface area contributed by atoms with Crippen molar-refractivity contribution in [2.45, 2.75) is 26.2 Å². The molecule has 0 bridgehead atoms. The minimum Gasteiger partial charge on any atom is -0.320 e. The number of fused-ring (bicyclic) bond motifs is 1. The van der Waals surface area contributed by atoms with E-state index in [2.05, 4.69) is 43.2 Å². The Kier molecular flexibility index (Phi) is 3.13. The van der Waals surface area contributed by atoms with E-state index in [9.17, 15) is 4.79 Å². The topological polar surface area (TPSA) is 41.5 Å². The molecule has 0 saturated heterocycles. The van der Waals surface area contributed by atoms with Gasteiger partial charge < -0.3 is 5.32 Å². The van der Waals surface area contributed by atoms with Crippen LogP contribution in [0.4, 0.5) is 11.4 Å². The normalized spacial score (nSPS) is 16.0. The van der Waals surface area contributed by atoms with E-state index >= 15 is 0 Å². The van der Waals surface area contributed by atoms with Gasteiger partial charge in [-0.15, -0.1) is 0 Å². The monoisotopic (exact) mass is 278 g/mol. The van der Waals surface area contributed by atoms with Crippen LogP contribution < -0.4 is 5.32 Å². The first kappa shape index (κ1) is 13.6. The van der Waals surface area contributed by atoms with Crippen molar-refractivity contribution in [2.75, 3.05) is 5.32 Å². The molecule has 0 fully saturated rings. The van der Waals surface area contributed by atoms with Crippen LogP contribution in [0.5, 0.6) is 0 Å². The van der Waals surface area contributed by atoms with Crippen LogP contribution >= 0.6 is 0 Å². The lowest BCUT2D eigenvalue weighted by molar-refractivity contribution is -0.110. The fourth-order valence-electron chi connectivity index (χ4n) is 2.38. The van der Waals surface area contributed by atoms with Crippen LogP contribution in [0, 0.1) is 0 Å². The van der Waals surface area contributed by atoms with Gasteiger partial charge in [0, 0.05) is 5.56 Å². The van der Waals surface area contributed by atoms with E-state index in [0.717, 1.165) is 16.9 Å². The Morgan fingerprint density at radius 2 is 1.62 bits per heavy atom. The molecule has 1 amide bonds. The molecule has 3 rings (SSSR count). The molecule has 0 aromatic heterocycles. The summed E-state index contributed by atoms with van der Waals surface area (Å²) >= 11 is 0. The number of carbonyl (C=O) groups is 1. The highest BCUT2D eigenvalue weighted by molar-refractivity contribution is 6.54. The molecule has 3 nitrogen and oxygen atoms in total. The lowest BCUT2D eigenvalue weighted by Gasteiger charge is -2.18. The molecule has 2 aromatic carbocycles. The quantitative estimate of drug-likeness (QED) is 0.839. The fraction of sp³-hybridized carbons (Fsp3) is 0.222. The molecule has 0 radical (unpaired) electrons. The van der Waals surface area contributed by atoms with E-state index in [1.54, 1.807) is 0 Å². The van der Waals surface area contributed by atoms with E-state index < -0.39 is 0 Å². The van der Waals surface area contributed by atoms with Crippen LogP contribution in [0.1, 0.15) is 31.9 Å². The molecule has 2 aromatic rings. The molecule has 1 N–H and O–H groups in total. The molecule has 0 unspecified atom stereocenters. The predicted octanol–water partition coefficient (Wildman–Crippen LogP) is 4.06. The van der Waals surface area contributed by atoms with Crippen molar-refractivity contribution < 1.29 is 4.79 Å². The fourth-order valence-corrected chi connectivity index (χ4v) is 2.38. The Hall–Kier alpha value is -2.42. The number of para-hydroxylation sites is 1. The van der Waals surface area contributed by atoms with Crippen molar-refractivity contribution in [1.29, 1.82) is 0 Å². The van der Waals surface area contributed by atoms with Gasteiger partial charge >= 0.3 is 0 Å². The predicted molar refractivity (Wildman–Crippen MR) is 86.4 cm³/mol. The summed E-state index contributed by atoms with van der Waals surface area (Å²) in [5.41, 5.74) is 4.33. The largest absolute Gasteiger partial charge is 0.320 e. The smallest absolute Gasteiger partial charge is 0.275 e. The highest BCUT2D eigenvalue weighted by Crippen LogP contribution is 2.27. The van der Waals surface area contributed by atoms with Gasteiger partial charge in [0.1, 0.15) is 5.71 Å². The zero-order valence-electron chi connectivity index (χ0n) is 12.5. The molecule has 0 atom stereocenters. The number of benzene rings is 2. The van der Waals surface area contributed by atoms with Crippen molar-refractivity contribution in [3.05, 3.63) is 59.7 Å². The first-order valence-electron chi connectivity index (χ1n) is 7.05. The number of nitrogens with zero attached hydrogens (tertiary/aromatic N) is 1. The molecule has 0 saturated carbocycles. The number of aliphatic imine (C=N–C) groups is 1. The molecule has 106 valence electrons. The summed E-state index contributed by atoms with van der Waals surface area (Å²) in [5.74, 6) is -0.143. The first-order chi connectivity index (χ1) is 9.95. The lowest BCUT2D eigenvalue weighted by atomic mass is 9.87. The minimum absolute atomic E-state index is 0.114. The third kappa shape index (κ3) is 2.59. The number of amides is 1. The van der Waals surface area contributed by atoms with Crippen molar-refractivity contribution in [2.24, 2.45) is 4.99 Å². The summed E-state index contributed by atoms with van der Waals surface area (Å²) in [7, 11) is 0. The highest BCUT2D eigenvalue weighted by atomic mass is 16.2. The van der Waals surface area contributed by atoms with Gasteiger partial charge in [-0.3, -0.25) is 4.79 Å². The number of hydrogen-bond donors (Lipinski definition) is 1. The third-order valence-corrected chi connectivity index (χ3v) is 3.62. The van der Waals surface area contributed by atoms with E-state index in [1.165, 1.54) is 5.56 Å². The highest BCUT2D eigenvalue weighted by Gasteiger charge is 2.25. The summed E-state index contributed by atoms with van der Waals surface area (Å²) in [6.07, 6.45) is 0. The van der Waals surface area contributed by atoms with E-state index in [1.807, 2.05) is 36.4 Å². The van der Waals surface area contributed by atoms with Gasteiger partial charge in [0.2, 0.25) is 0 Å². The molecule has 0 aliphatic carbocycles.